The third-order valence-corrected chi connectivity index (χ3v) is 3.19. The van der Waals surface area contributed by atoms with Crippen molar-refractivity contribution in [2.75, 3.05) is 0 Å². The van der Waals surface area contributed by atoms with Crippen LogP contribution in [0.3, 0.4) is 0 Å². The number of hydrogen-bond donors (Lipinski definition) is 0. The van der Waals surface area contributed by atoms with Gasteiger partial charge < -0.3 is 0 Å². The summed E-state index contributed by atoms with van der Waals surface area (Å²) in [6.45, 7) is 1.45. The highest BCUT2D eigenvalue weighted by molar-refractivity contribution is 6.42. The van der Waals surface area contributed by atoms with Crippen molar-refractivity contribution in [2.45, 2.75) is 18.7 Å². The predicted octanol–water partition coefficient (Wildman–Crippen LogP) is 3.73. The molecule has 1 atom stereocenters. The number of halogens is 3. The molecule has 0 heterocycles. The van der Waals surface area contributed by atoms with Crippen LogP contribution in [-0.4, -0.2) is 11.2 Å². The van der Waals surface area contributed by atoms with E-state index in [1.54, 1.807) is 12.1 Å². The topological polar surface area (TPSA) is 17.1 Å². The lowest BCUT2D eigenvalue weighted by Gasteiger charge is -2.08. The van der Waals surface area contributed by atoms with Crippen molar-refractivity contribution < 1.29 is 4.79 Å². The summed E-state index contributed by atoms with van der Waals surface area (Å²) in [5, 5.41) is 0.420. The number of benzene rings is 1. The number of alkyl halides is 1. The van der Waals surface area contributed by atoms with Crippen LogP contribution in [0, 0.1) is 0 Å². The molecule has 0 aliphatic rings. The second-order valence-electron chi connectivity index (χ2n) is 3.00. The second kappa shape index (κ2) is 5.01. The summed E-state index contributed by atoms with van der Waals surface area (Å²) in [5.74, 6) is -0.0669. The standard InChI is InChI=1S/C10H9Cl3O/c1-6(14)9(12)5-7-3-2-4-8(11)10(7)13/h2-4,9H,5H2,1H3. The molecule has 0 bridgehead atoms. The van der Waals surface area contributed by atoms with E-state index in [0.29, 0.717) is 16.5 Å². The van der Waals surface area contributed by atoms with Crippen LogP contribution < -0.4 is 0 Å². The zero-order chi connectivity index (χ0) is 10.7. The van der Waals surface area contributed by atoms with Gasteiger partial charge in [0.1, 0.15) is 5.78 Å². The Morgan fingerprint density at radius 3 is 2.64 bits per heavy atom. The van der Waals surface area contributed by atoms with Crippen LogP contribution in [0.2, 0.25) is 10.0 Å². The Labute approximate surface area is 98.0 Å². The fourth-order valence-corrected chi connectivity index (χ4v) is 1.61. The Kier molecular flexibility index (Phi) is 4.24. The molecule has 0 aromatic heterocycles. The summed E-state index contributed by atoms with van der Waals surface area (Å²) in [6.07, 6.45) is 0.413. The van der Waals surface area contributed by atoms with E-state index < -0.39 is 5.38 Å². The molecule has 0 amide bonds. The van der Waals surface area contributed by atoms with E-state index in [0.717, 1.165) is 5.56 Å². The lowest BCUT2D eigenvalue weighted by atomic mass is 10.1. The van der Waals surface area contributed by atoms with E-state index in [9.17, 15) is 4.79 Å². The summed E-state index contributed by atoms with van der Waals surface area (Å²) in [4.78, 5) is 10.9. The Morgan fingerprint density at radius 1 is 1.43 bits per heavy atom. The molecular formula is C10H9Cl3O. The second-order valence-corrected chi connectivity index (χ2v) is 4.31. The minimum absolute atomic E-state index is 0.0669. The summed E-state index contributed by atoms with van der Waals surface area (Å²) < 4.78 is 0. The molecule has 0 N–H and O–H groups in total. The maximum Gasteiger partial charge on any atom is 0.147 e. The Bertz CT molecular complexity index is 349. The molecular weight excluding hydrogens is 242 g/mol. The van der Waals surface area contributed by atoms with Gasteiger partial charge in [-0.1, -0.05) is 35.3 Å². The van der Waals surface area contributed by atoms with Crippen LogP contribution in [-0.2, 0) is 11.2 Å². The minimum atomic E-state index is -0.536. The third kappa shape index (κ3) is 2.88. The lowest BCUT2D eigenvalue weighted by molar-refractivity contribution is -0.116. The van der Waals surface area contributed by atoms with Gasteiger partial charge in [0.15, 0.2) is 0 Å². The maximum absolute atomic E-state index is 10.9. The number of hydrogen-bond acceptors (Lipinski definition) is 1. The summed E-state index contributed by atoms with van der Waals surface area (Å²) >= 11 is 17.6. The summed E-state index contributed by atoms with van der Waals surface area (Å²) in [7, 11) is 0. The van der Waals surface area contributed by atoms with Crippen molar-refractivity contribution in [2.24, 2.45) is 0 Å². The van der Waals surface area contributed by atoms with Crippen LogP contribution in [0.5, 0.6) is 0 Å². The molecule has 14 heavy (non-hydrogen) atoms. The van der Waals surface area contributed by atoms with Crippen molar-refractivity contribution in [3.8, 4) is 0 Å². The average Bonchev–Trinajstić information content (AvgIpc) is 2.12. The highest BCUT2D eigenvalue weighted by Crippen LogP contribution is 2.27. The fraction of sp³-hybridized carbons (Fsp3) is 0.300. The quantitative estimate of drug-likeness (QED) is 0.748. The molecule has 1 rings (SSSR count). The zero-order valence-electron chi connectivity index (χ0n) is 7.56. The lowest BCUT2D eigenvalue weighted by Crippen LogP contribution is -2.13. The number of carbonyl (C=O) groups excluding carboxylic acids is 1. The molecule has 0 fully saturated rings. The molecule has 0 radical (unpaired) electrons. The van der Waals surface area contributed by atoms with E-state index in [-0.39, 0.29) is 5.78 Å². The first-order valence-electron chi connectivity index (χ1n) is 4.09. The van der Waals surface area contributed by atoms with Crippen molar-refractivity contribution in [3.05, 3.63) is 33.8 Å². The zero-order valence-corrected chi connectivity index (χ0v) is 9.83. The van der Waals surface area contributed by atoms with Gasteiger partial charge in [-0.15, -0.1) is 11.6 Å². The van der Waals surface area contributed by atoms with Gasteiger partial charge in [0.05, 0.1) is 15.4 Å². The van der Waals surface area contributed by atoms with Crippen LogP contribution in [0.25, 0.3) is 0 Å². The van der Waals surface area contributed by atoms with Gasteiger partial charge in [0, 0.05) is 0 Å². The van der Waals surface area contributed by atoms with Crippen molar-refractivity contribution in [3.63, 3.8) is 0 Å². The van der Waals surface area contributed by atoms with Gasteiger partial charge in [-0.05, 0) is 25.0 Å². The van der Waals surface area contributed by atoms with Crippen molar-refractivity contribution in [1.82, 2.24) is 0 Å². The van der Waals surface area contributed by atoms with E-state index in [2.05, 4.69) is 0 Å². The van der Waals surface area contributed by atoms with Crippen molar-refractivity contribution in [1.29, 1.82) is 0 Å². The highest BCUT2D eigenvalue weighted by atomic mass is 35.5. The number of rotatable bonds is 3. The summed E-state index contributed by atoms with van der Waals surface area (Å²) in [6, 6.07) is 5.30. The maximum atomic E-state index is 10.9. The number of Topliss-reactive ketones (excluding diaryl/α,β-unsaturated/α-hetero) is 1. The van der Waals surface area contributed by atoms with E-state index >= 15 is 0 Å². The summed E-state index contributed by atoms with van der Waals surface area (Å²) in [5.41, 5.74) is 0.800. The molecule has 0 aliphatic heterocycles. The first-order valence-corrected chi connectivity index (χ1v) is 5.29. The molecule has 1 aromatic rings. The third-order valence-electron chi connectivity index (χ3n) is 1.87. The Balaban J connectivity index is 2.87. The fourth-order valence-electron chi connectivity index (χ4n) is 1.04. The van der Waals surface area contributed by atoms with Crippen LogP contribution in [0.1, 0.15) is 12.5 Å². The van der Waals surface area contributed by atoms with Crippen LogP contribution in [0.4, 0.5) is 0 Å². The van der Waals surface area contributed by atoms with Crippen LogP contribution >= 0.6 is 34.8 Å². The predicted molar refractivity (Wildman–Crippen MR) is 60.5 cm³/mol. The molecule has 76 valence electrons. The van der Waals surface area contributed by atoms with Gasteiger partial charge in [-0.25, -0.2) is 0 Å². The van der Waals surface area contributed by atoms with Gasteiger partial charge in [0.25, 0.3) is 0 Å². The normalized spacial score (nSPS) is 12.6. The molecule has 4 heteroatoms. The van der Waals surface area contributed by atoms with E-state index in [1.165, 1.54) is 6.92 Å². The molecule has 1 aromatic carbocycles. The van der Waals surface area contributed by atoms with E-state index in [4.69, 9.17) is 34.8 Å². The first-order chi connectivity index (χ1) is 6.52. The monoisotopic (exact) mass is 250 g/mol. The average molecular weight is 252 g/mol. The van der Waals surface area contributed by atoms with E-state index in [1.807, 2.05) is 6.07 Å². The SMILES string of the molecule is CC(=O)C(Cl)Cc1cccc(Cl)c1Cl. The largest absolute Gasteiger partial charge is 0.298 e. The highest BCUT2D eigenvalue weighted by Gasteiger charge is 2.13. The molecule has 0 saturated carbocycles. The Morgan fingerprint density at radius 2 is 2.07 bits per heavy atom. The van der Waals surface area contributed by atoms with Gasteiger partial charge in [-0.2, -0.15) is 0 Å². The number of carbonyl (C=O) groups is 1. The smallest absolute Gasteiger partial charge is 0.147 e. The molecule has 1 nitrogen and oxygen atoms in total. The Hall–Kier alpha value is -0.240. The molecule has 0 spiro atoms. The molecule has 0 saturated heterocycles. The van der Waals surface area contributed by atoms with Gasteiger partial charge in [0.2, 0.25) is 0 Å². The van der Waals surface area contributed by atoms with Gasteiger partial charge >= 0.3 is 0 Å². The first kappa shape index (κ1) is 11.8. The van der Waals surface area contributed by atoms with Crippen LogP contribution in [0.15, 0.2) is 18.2 Å². The van der Waals surface area contributed by atoms with Crippen molar-refractivity contribution >= 4 is 40.6 Å². The molecule has 1 unspecified atom stereocenters. The molecule has 0 aliphatic carbocycles. The minimum Gasteiger partial charge on any atom is -0.298 e. The van der Waals surface area contributed by atoms with Gasteiger partial charge in [-0.3, -0.25) is 4.79 Å². The number of ketones is 1.